The fourth-order valence-corrected chi connectivity index (χ4v) is 3.35. The van der Waals surface area contributed by atoms with Crippen LogP contribution in [0.4, 0.5) is 0 Å². The van der Waals surface area contributed by atoms with Gasteiger partial charge >= 0.3 is 0 Å². The second-order valence-electron chi connectivity index (χ2n) is 6.52. The van der Waals surface area contributed by atoms with E-state index in [-0.39, 0.29) is 6.04 Å². The first-order chi connectivity index (χ1) is 10.3. The van der Waals surface area contributed by atoms with Crippen molar-refractivity contribution in [2.24, 2.45) is 11.7 Å². The molecule has 2 N–H and O–H groups in total. The number of methoxy groups -OCH3 is 1. The maximum absolute atomic E-state index is 6.16. The summed E-state index contributed by atoms with van der Waals surface area (Å²) in [6.07, 6.45) is 9.24. The standard InChI is InChI=1S/C16H28N4O/c1-12(13-3-4-13)19(7-8-21-2)15(9-17)16-10-18-11-20(16)14-5-6-14/h10-15H,3-9,17H2,1-2H3. The monoisotopic (exact) mass is 292 g/mol. The molecule has 0 aliphatic heterocycles. The van der Waals surface area contributed by atoms with Gasteiger partial charge in [-0.05, 0) is 38.5 Å². The van der Waals surface area contributed by atoms with Crippen LogP contribution < -0.4 is 5.73 Å². The second kappa shape index (κ2) is 6.46. The Bertz CT molecular complexity index is 453. The molecule has 0 radical (unpaired) electrons. The predicted molar refractivity (Wildman–Crippen MR) is 83.1 cm³/mol. The first-order valence-electron chi connectivity index (χ1n) is 8.22. The minimum absolute atomic E-state index is 0.249. The fourth-order valence-electron chi connectivity index (χ4n) is 3.35. The molecule has 5 heteroatoms. The van der Waals surface area contributed by atoms with Crippen molar-refractivity contribution in [1.82, 2.24) is 14.5 Å². The van der Waals surface area contributed by atoms with Crippen molar-refractivity contribution in [2.75, 3.05) is 26.8 Å². The molecule has 2 aliphatic carbocycles. The molecular weight excluding hydrogens is 264 g/mol. The maximum atomic E-state index is 6.16. The Morgan fingerprint density at radius 3 is 2.76 bits per heavy atom. The summed E-state index contributed by atoms with van der Waals surface area (Å²) in [5, 5.41) is 0. The number of rotatable bonds is 9. The second-order valence-corrected chi connectivity index (χ2v) is 6.52. The third-order valence-electron chi connectivity index (χ3n) is 4.98. The highest BCUT2D eigenvalue weighted by atomic mass is 16.5. The van der Waals surface area contributed by atoms with E-state index in [9.17, 15) is 0 Å². The van der Waals surface area contributed by atoms with Crippen molar-refractivity contribution in [3.63, 3.8) is 0 Å². The summed E-state index contributed by atoms with van der Waals surface area (Å²) in [5.41, 5.74) is 7.44. The summed E-state index contributed by atoms with van der Waals surface area (Å²) >= 11 is 0. The zero-order valence-electron chi connectivity index (χ0n) is 13.2. The molecule has 1 heterocycles. The average Bonchev–Trinajstić information content (AvgIpc) is 3.41. The van der Waals surface area contributed by atoms with Gasteiger partial charge in [-0.3, -0.25) is 4.90 Å². The highest BCUT2D eigenvalue weighted by molar-refractivity contribution is 5.11. The first-order valence-corrected chi connectivity index (χ1v) is 8.22. The molecule has 118 valence electrons. The summed E-state index contributed by atoms with van der Waals surface area (Å²) in [6, 6.07) is 1.46. The molecule has 2 saturated carbocycles. The summed E-state index contributed by atoms with van der Waals surface area (Å²) in [4.78, 5) is 6.92. The van der Waals surface area contributed by atoms with E-state index in [1.807, 2.05) is 12.5 Å². The van der Waals surface area contributed by atoms with E-state index in [0.717, 1.165) is 19.1 Å². The molecular formula is C16H28N4O. The Kier molecular flexibility index (Phi) is 4.62. The SMILES string of the molecule is COCCN(C(CN)c1cncn1C1CC1)C(C)C1CC1. The number of hydrogen-bond acceptors (Lipinski definition) is 4. The molecule has 21 heavy (non-hydrogen) atoms. The largest absolute Gasteiger partial charge is 0.383 e. The van der Waals surface area contributed by atoms with Gasteiger partial charge in [0.15, 0.2) is 0 Å². The van der Waals surface area contributed by atoms with Gasteiger partial charge in [0.2, 0.25) is 0 Å². The maximum Gasteiger partial charge on any atom is 0.0951 e. The summed E-state index contributed by atoms with van der Waals surface area (Å²) in [6.45, 7) is 4.67. The van der Waals surface area contributed by atoms with E-state index in [2.05, 4.69) is 21.4 Å². The van der Waals surface area contributed by atoms with Crippen LogP contribution in [0.3, 0.4) is 0 Å². The number of nitrogens with two attached hydrogens (primary N) is 1. The Morgan fingerprint density at radius 2 is 2.19 bits per heavy atom. The quantitative estimate of drug-likeness (QED) is 0.756. The number of aromatic nitrogens is 2. The molecule has 2 fully saturated rings. The summed E-state index contributed by atoms with van der Waals surface area (Å²) in [7, 11) is 1.77. The first kappa shape index (κ1) is 15.0. The van der Waals surface area contributed by atoms with Gasteiger partial charge in [0.1, 0.15) is 0 Å². The van der Waals surface area contributed by atoms with E-state index in [1.54, 1.807) is 7.11 Å². The third-order valence-corrected chi connectivity index (χ3v) is 4.98. The Hall–Kier alpha value is -0.910. The van der Waals surface area contributed by atoms with Crippen LogP contribution in [0.1, 0.15) is 50.4 Å². The van der Waals surface area contributed by atoms with Crippen LogP contribution in [-0.4, -0.2) is 47.3 Å². The lowest BCUT2D eigenvalue weighted by atomic mass is 10.1. The van der Waals surface area contributed by atoms with Crippen molar-refractivity contribution in [1.29, 1.82) is 0 Å². The lowest BCUT2D eigenvalue weighted by Crippen LogP contribution is -2.43. The van der Waals surface area contributed by atoms with E-state index in [4.69, 9.17) is 10.5 Å². The molecule has 2 aliphatic rings. The highest BCUT2D eigenvalue weighted by Gasteiger charge is 2.37. The van der Waals surface area contributed by atoms with Gasteiger partial charge in [-0.1, -0.05) is 0 Å². The zero-order valence-corrected chi connectivity index (χ0v) is 13.2. The van der Waals surface area contributed by atoms with Gasteiger partial charge in [0, 0.05) is 38.5 Å². The molecule has 0 bridgehead atoms. The highest BCUT2D eigenvalue weighted by Crippen LogP contribution is 2.40. The van der Waals surface area contributed by atoms with Crippen LogP contribution in [0.15, 0.2) is 12.5 Å². The summed E-state index contributed by atoms with van der Waals surface area (Å²) in [5.74, 6) is 0.827. The van der Waals surface area contributed by atoms with Crippen LogP contribution >= 0.6 is 0 Å². The molecule has 0 saturated heterocycles. The minimum atomic E-state index is 0.249. The molecule has 3 rings (SSSR count). The van der Waals surface area contributed by atoms with Gasteiger partial charge in [0.25, 0.3) is 0 Å². The van der Waals surface area contributed by atoms with Crippen molar-refractivity contribution < 1.29 is 4.74 Å². The molecule has 0 amide bonds. The molecule has 5 nitrogen and oxygen atoms in total. The number of hydrogen-bond donors (Lipinski definition) is 1. The van der Waals surface area contributed by atoms with Crippen molar-refractivity contribution in [3.05, 3.63) is 18.2 Å². The molecule has 2 unspecified atom stereocenters. The minimum Gasteiger partial charge on any atom is -0.383 e. The van der Waals surface area contributed by atoms with Crippen molar-refractivity contribution in [2.45, 2.75) is 50.7 Å². The number of ether oxygens (including phenoxy) is 1. The fraction of sp³-hybridized carbons (Fsp3) is 0.812. The normalized spacial score (nSPS) is 21.7. The molecule has 2 atom stereocenters. The van der Waals surface area contributed by atoms with Gasteiger partial charge in [-0.2, -0.15) is 0 Å². The summed E-state index contributed by atoms with van der Waals surface area (Å²) < 4.78 is 7.66. The van der Waals surface area contributed by atoms with E-state index < -0.39 is 0 Å². The average molecular weight is 292 g/mol. The van der Waals surface area contributed by atoms with E-state index >= 15 is 0 Å². The Morgan fingerprint density at radius 1 is 1.43 bits per heavy atom. The van der Waals surface area contributed by atoms with Crippen molar-refractivity contribution in [3.8, 4) is 0 Å². The number of nitrogens with zero attached hydrogens (tertiary/aromatic N) is 3. The van der Waals surface area contributed by atoms with Gasteiger partial charge < -0.3 is 15.0 Å². The molecule has 1 aromatic rings. The van der Waals surface area contributed by atoms with Crippen molar-refractivity contribution >= 4 is 0 Å². The van der Waals surface area contributed by atoms with E-state index in [1.165, 1.54) is 31.4 Å². The Balaban J connectivity index is 1.80. The smallest absolute Gasteiger partial charge is 0.0951 e. The molecule has 0 aromatic carbocycles. The predicted octanol–water partition coefficient (Wildman–Crippen LogP) is 1.96. The van der Waals surface area contributed by atoms with Gasteiger partial charge in [-0.25, -0.2) is 4.98 Å². The van der Waals surface area contributed by atoms with Crippen LogP contribution in [0.2, 0.25) is 0 Å². The third kappa shape index (κ3) is 3.30. The molecule has 1 aromatic heterocycles. The van der Waals surface area contributed by atoms with E-state index in [0.29, 0.717) is 18.6 Å². The van der Waals surface area contributed by atoms with Crippen LogP contribution in [0, 0.1) is 5.92 Å². The zero-order chi connectivity index (χ0) is 14.8. The Labute approximate surface area is 127 Å². The van der Waals surface area contributed by atoms with Gasteiger partial charge in [0.05, 0.1) is 24.7 Å². The lowest BCUT2D eigenvalue weighted by Gasteiger charge is -2.36. The van der Waals surface area contributed by atoms with Crippen LogP contribution in [0.25, 0.3) is 0 Å². The van der Waals surface area contributed by atoms with Crippen LogP contribution in [-0.2, 0) is 4.74 Å². The van der Waals surface area contributed by atoms with Crippen LogP contribution in [0.5, 0.6) is 0 Å². The lowest BCUT2D eigenvalue weighted by molar-refractivity contribution is 0.0805. The van der Waals surface area contributed by atoms with Gasteiger partial charge in [-0.15, -0.1) is 0 Å². The number of imidazole rings is 1. The molecule has 0 spiro atoms. The topological polar surface area (TPSA) is 56.3 Å².